The van der Waals surface area contributed by atoms with Gasteiger partial charge in [0.2, 0.25) is 5.91 Å². The summed E-state index contributed by atoms with van der Waals surface area (Å²) in [5.41, 5.74) is 3.77. The van der Waals surface area contributed by atoms with Crippen LogP contribution in [0, 0.1) is 5.82 Å². The van der Waals surface area contributed by atoms with Crippen molar-refractivity contribution < 1.29 is 27.1 Å². The number of fused-ring (bicyclic) bond motifs is 2. The minimum absolute atomic E-state index is 0.0597. The van der Waals surface area contributed by atoms with E-state index < -0.39 is 28.3 Å². The molecule has 0 saturated heterocycles. The zero-order valence-electron chi connectivity index (χ0n) is 19.9. The van der Waals surface area contributed by atoms with Crippen molar-refractivity contribution in [3.63, 3.8) is 0 Å². The molecule has 0 radical (unpaired) electrons. The molecule has 5 rings (SSSR count). The first kappa shape index (κ1) is 24.1. The number of carbonyl (C=O) groups excluding carboxylic acids is 1. The van der Waals surface area contributed by atoms with Crippen molar-refractivity contribution in [2.75, 3.05) is 24.1 Å². The van der Waals surface area contributed by atoms with Gasteiger partial charge in [-0.3, -0.25) is 9.10 Å². The molecule has 1 amide bonds. The van der Waals surface area contributed by atoms with Crippen LogP contribution in [0.1, 0.15) is 36.1 Å². The first-order chi connectivity index (χ1) is 17.3. The number of benzene rings is 3. The zero-order valence-corrected chi connectivity index (χ0v) is 20.7. The average Bonchev–Trinajstić information content (AvgIpc) is 3.35. The fourth-order valence-corrected chi connectivity index (χ4v) is 6.03. The van der Waals surface area contributed by atoms with Crippen LogP contribution in [0.3, 0.4) is 0 Å². The molecule has 1 N–H and O–H groups in total. The molecule has 188 valence electrons. The molecule has 0 fully saturated rings. The predicted molar refractivity (Wildman–Crippen MR) is 133 cm³/mol. The number of ether oxygens (including phenoxy) is 2. The van der Waals surface area contributed by atoms with Crippen molar-refractivity contribution in [3.8, 4) is 11.5 Å². The fourth-order valence-electron chi connectivity index (χ4n) is 4.60. The van der Waals surface area contributed by atoms with E-state index in [0.717, 1.165) is 41.3 Å². The number of sulfonamides is 1. The SMILES string of the molecule is C[C@H](NC(=O)CN(c1ccc(F)cc1)S(=O)(=O)c1ccc2c(c1)OCCO2)c1ccc2c(c1)CCC2. The number of hydrogen-bond acceptors (Lipinski definition) is 5. The maximum atomic E-state index is 13.7. The number of amides is 1. The van der Waals surface area contributed by atoms with Gasteiger partial charge in [-0.25, -0.2) is 12.8 Å². The lowest BCUT2D eigenvalue weighted by Gasteiger charge is -2.26. The van der Waals surface area contributed by atoms with Crippen LogP contribution < -0.4 is 19.1 Å². The summed E-state index contributed by atoms with van der Waals surface area (Å²) >= 11 is 0. The molecule has 3 aromatic carbocycles. The maximum absolute atomic E-state index is 13.7. The highest BCUT2D eigenvalue weighted by Crippen LogP contribution is 2.34. The molecule has 1 atom stereocenters. The van der Waals surface area contributed by atoms with Crippen molar-refractivity contribution in [3.05, 3.63) is 83.2 Å². The van der Waals surface area contributed by atoms with Gasteiger partial charge in [-0.05, 0) is 79.3 Å². The summed E-state index contributed by atoms with van der Waals surface area (Å²) < 4.78 is 53.0. The first-order valence-electron chi connectivity index (χ1n) is 11.9. The third kappa shape index (κ3) is 4.88. The molecule has 0 saturated carbocycles. The molecule has 0 bridgehead atoms. The van der Waals surface area contributed by atoms with Crippen molar-refractivity contribution in [2.24, 2.45) is 0 Å². The van der Waals surface area contributed by atoms with E-state index in [1.54, 1.807) is 0 Å². The van der Waals surface area contributed by atoms with Crippen molar-refractivity contribution in [1.29, 1.82) is 0 Å². The van der Waals surface area contributed by atoms with Crippen LogP contribution in [0.5, 0.6) is 11.5 Å². The van der Waals surface area contributed by atoms with Gasteiger partial charge in [0.1, 0.15) is 25.6 Å². The number of anilines is 1. The molecule has 3 aromatic rings. The van der Waals surface area contributed by atoms with Gasteiger partial charge >= 0.3 is 0 Å². The molecule has 7 nitrogen and oxygen atoms in total. The number of rotatable bonds is 7. The Labute approximate surface area is 209 Å². The third-order valence-electron chi connectivity index (χ3n) is 6.50. The zero-order chi connectivity index (χ0) is 25.3. The summed E-state index contributed by atoms with van der Waals surface area (Å²) in [7, 11) is -4.19. The Morgan fingerprint density at radius 3 is 2.47 bits per heavy atom. The van der Waals surface area contributed by atoms with Gasteiger partial charge in [0.25, 0.3) is 10.0 Å². The van der Waals surface area contributed by atoms with Crippen molar-refractivity contribution >= 4 is 21.6 Å². The molecule has 0 unspecified atom stereocenters. The molecule has 1 aliphatic heterocycles. The van der Waals surface area contributed by atoms with E-state index >= 15 is 0 Å². The van der Waals surface area contributed by atoms with Gasteiger partial charge in [0.15, 0.2) is 11.5 Å². The highest BCUT2D eigenvalue weighted by molar-refractivity contribution is 7.92. The maximum Gasteiger partial charge on any atom is 0.264 e. The van der Waals surface area contributed by atoms with Crippen LogP contribution in [-0.2, 0) is 27.7 Å². The molecule has 36 heavy (non-hydrogen) atoms. The number of nitrogens with zero attached hydrogens (tertiary/aromatic N) is 1. The van der Waals surface area contributed by atoms with E-state index in [1.807, 2.05) is 13.0 Å². The number of carbonyl (C=O) groups is 1. The van der Waals surface area contributed by atoms with E-state index in [0.29, 0.717) is 24.7 Å². The Bertz CT molecular complexity index is 1390. The number of aryl methyl sites for hydroxylation is 2. The van der Waals surface area contributed by atoms with Crippen LogP contribution in [0.25, 0.3) is 0 Å². The van der Waals surface area contributed by atoms with Gasteiger partial charge in [0.05, 0.1) is 16.6 Å². The highest BCUT2D eigenvalue weighted by atomic mass is 32.2. The third-order valence-corrected chi connectivity index (χ3v) is 8.27. The summed E-state index contributed by atoms with van der Waals surface area (Å²) in [5, 5.41) is 2.91. The van der Waals surface area contributed by atoms with Crippen LogP contribution in [0.4, 0.5) is 10.1 Å². The highest BCUT2D eigenvalue weighted by Gasteiger charge is 2.29. The quantitative estimate of drug-likeness (QED) is 0.516. The average molecular weight is 511 g/mol. The molecule has 2 aliphatic rings. The number of nitrogens with one attached hydrogen (secondary N) is 1. The van der Waals surface area contributed by atoms with E-state index in [2.05, 4.69) is 17.4 Å². The second-order valence-electron chi connectivity index (χ2n) is 8.96. The summed E-state index contributed by atoms with van der Waals surface area (Å²) in [4.78, 5) is 13.0. The van der Waals surface area contributed by atoms with E-state index in [-0.39, 0.29) is 16.6 Å². The van der Waals surface area contributed by atoms with Crippen LogP contribution in [0.2, 0.25) is 0 Å². The van der Waals surface area contributed by atoms with E-state index in [4.69, 9.17) is 9.47 Å². The van der Waals surface area contributed by atoms with Crippen LogP contribution in [0.15, 0.2) is 65.6 Å². The summed E-state index contributed by atoms with van der Waals surface area (Å²) in [6, 6.07) is 15.2. The van der Waals surface area contributed by atoms with Crippen LogP contribution >= 0.6 is 0 Å². The lowest BCUT2D eigenvalue weighted by atomic mass is 10.0. The second kappa shape index (κ2) is 9.81. The summed E-state index contributed by atoms with van der Waals surface area (Å²) in [5.74, 6) is -0.218. The Morgan fingerprint density at radius 2 is 1.69 bits per heavy atom. The molecule has 1 heterocycles. The monoisotopic (exact) mass is 510 g/mol. The summed E-state index contributed by atoms with van der Waals surface area (Å²) in [6.45, 7) is 2.08. The van der Waals surface area contributed by atoms with Crippen molar-refractivity contribution in [1.82, 2.24) is 5.32 Å². The largest absolute Gasteiger partial charge is 0.486 e. The minimum Gasteiger partial charge on any atom is -0.486 e. The predicted octanol–water partition coefficient (Wildman–Crippen LogP) is 4.16. The Kier molecular flexibility index (Phi) is 6.57. The molecule has 9 heteroatoms. The van der Waals surface area contributed by atoms with Gasteiger partial charge in [0, 0.05) is 6.07 Å². The van der Waals surface area contributed by atoms with Gasteiger partial charge in [-0.15, -0.1) is 0 Å². The fraction of sp³-hybridized carbons (Fsp3) is 0.296. The molecule has 0 spiro atoms. The summed E-state index contributed by atoms with van der Waals surface area (Å²) in [6.07, 6.45) is 3.22. The lowest BCUT2D eigenvalue weighted by molar-refractivity contribution is -0.120. The number of hydrogen-bond donors (Lipinski definition) is 1. The number of halogens is 1. The normalized spacial score (nSPS) is 15.2. The Morgan fingerprint density at radius 1 is 0.972 bits per heavy atom. The van der Waals surface area contributed by atoms with Gasteiger partial charge in [-0.1, -0.05) is 18.2 Å². The molecular weight excluding hydrogens is 483 g/mol. The molecule has 0 aromatic heterocycles. The van der Waals surface area contributed by atoms with E-state index in [9.17, 15) is 17.6 Å². The first-order valence-corrected chi connectivity index (χ1v) is 13.3. The van der Waals surface area contributed by atoms with Crippen molar-refractivity contribution in [2.45, 2.75) is 37.1 Å². The van der Waals surface area contributed by atoms with E-state index in [1.165, 1.54) is 41.5 Å². The molecule has 1 aliphatic carbocycles. The Balaban J connectivity index is 1.40. The standard InChI is InChI=1S/C27H27FN2O5S/c1-18(20-6-5-19-3-2-4-21(19)15-20)29-27(31)17-30(23-9-7-22(28)8-10-23)36(32,33)24-11-12-25-26(16-24)35-14-13-34-25/h5-12,15-16,18H,2-4,13-14,17H2,1H3,(H,29,31)/t18-/m0/s1. The smallest absolute Gasteiger partial charge is 0.264 e. The Hall–Kier alpha value is -3.59. The van der Waals surface area contributed by atoms with Gasteiger partial charge in [-0.2, -0.15) is 0 Å². The molecular formula is C27H27FN2O5S. The van der Waals surface area contributed by atoms with Crippen LogP contribution in [-0.4, -0.2) is 34.1 Å². The lowest BCUT2D eigenvalue weighted by Crippen LogP contribution is -2.41. The topological polar surface area (TPSA) is 84.9 Å². The second-order valence-corrected chi connectivity index (χ2v) is 10.8. The minimum atomic E-state index is -4.19. The van der Waals surface area contributed by atoms with Gasteiger partial charge < -0.3 is 14.8 Å².